The van der Waals surface area contributed by atoms with Crippen LogP contribution in [0.4, 0.5) is 10.2 Å². The van der Waals surface area contributed by atoms with Crippen LogP contribution in [-0.2, 0) is 7.05 Å². The molecule has 158 valence electrons. The standard InChI is InChI=1S/C21H21FN8O/c1-14-7-10-30(27-14)20-12-19(25-13-26-20)23-8-9-24-21(31)18-11-17(28-29(18)2)15-3-5-16(22)6-4-15/h3-7,10-13H,8-9H2,1-2H3,(H,24,31)(H,23,25,26). The van der Waals surface area contributed by atoms with Gasteiger partial charge in [0.15, 0.2) is 5.82 Å². The van der Waals surface area contributed by atoms with Crippen LogP contribution in [0.25, 0.3) is 17.1 Å². The van der Waals surface area contributed by atoms with Gasteiger partial charge in [0.05, 0.1) is 11.4 Å². The van der Waals surface area contributed by atoms with Crippen LogP contribution in [-0.4, -0.2) is 48.5 Å². The average molecular weight is 420 g/mol. The fraction of sp³-hybridized carbons (Fsp3) is 0.190. The highest BCUT2D eigenvalue weighted by molar-refractivity contribution is 5.93. The van der Waals surface area contributed by atoms with Gasteiger partial charge in [-0.05, 0) is 43.3 Å². The van der Waals surface area contributed by atoms with E-state index in [1.54, 1.807) is 36.0 Å². The molecule has 0 bridgehead atoms. The highest BCUT2D eigenvalue weighted by atomic mass is 19.1. The number of benzene rings is 1. The number of hydrogen-bond donors (Lipinski definition) is 2. The first-order chi connectivity index (χ1) is 15.0. The first-order valence-electron chi connectivity index (χ1n) is 9.66. The Bertz CT molecular complexity index is 1200. The Balaban J connectivity index is 1.32. The lowest BCUT2D eigenvalue weighted by atomic mass is 10.1. The van der Waals surface area contributed by atoms with Crippen LogP contribution in [0.15, 0.2) is 55.0 Å². The summed E-state index contributed by atoms with van der Waals surface area (Å²) in [5.41, 5.74) is 2.66. The zero-order valence-electron chi connectivity index (χ0n) is 17.1. The van der Waals surface area contributed by atoms with Crippen molar-refractivity contribution in [1.29, 1.82) is 0 Å². The van der Waals surface area contributed by atoms with Gasteiger partial charge in [-0.2, -0.15) is 10.2 Å². The Hall–Kier alpha value is -4.08. The van der Waals surface area contributed by atoms with Crippen molar-refractivity contribution < 1.29 is 9.18 Å². The third-order valence-electron chi connectivity index (χ3n) is 4.58. The molecule has 31 heavy (non-hydrogen) atoms. The molecule has 3 heterocycles. The topological polar surface area (TPSA) is 103 Å². The summed E-state index contributed by atoms with van der Waals surface area (Å²) in [5.74, 6) is 0.714. The number of amides is 1. The average Bonchev–Trinajstić information content (AvgIpc) is 3.38. The summed E-state index contributed by atoms with van der Waals surface area (Å²) in [6.07, 6.45) is 3.29. The molecule has 2 N–H and O–H groups in total. The zero-order chi connectivity index (χ0) is 21.8. The van der Waals surface area contributed by atoms with Gasteiger partial charge in [0.2, 0.25) is 0 Å². The molecule has 0 atom stereocenters. The highest BCUT2D eigenvalue weighted by Gasteiger charge is 2.14. The lowest BCUT2D eigenvalue weighted by Gasteiger charge is -2.08. The SMILES string of the molecule is Cc1ccn(-c2cc(NCCNC(=O)c3cc(-c4ccc(F)cc4)nn3C)ncn2)n1. The summed E-state index contributed by atoms with van der Waals surface area (Å²) in [5, 5.41) is 14.7. The van der Waals surface area contributed by atoms with Gasteiger partial charge < -0.3 is 10.6 Å². The quantitative estimate of drug-likeness (QED) is 0.445. The van der Waals surface area contributed by atoms with E-state index < -0.39 is 0 Å². The molecule has 9 nitrogen and oxygen atoms in total. The van der Waals surface area contributed by atoms with Crippen molar-refractivity contribution >= 4 is 11.7 Å². The Labute approximate surface area is 178 Å². The van der Waals surface area contributed by atoms with E-state index in [0.29, 0.717) is 36.1 Å². The lowest BCUT2D eigenvalue weighted by Crippen LogP contribution is -2.30. The van der Waals surface area contributed by atoms with Crippen LogP contribution in [0, 0.1) is 12.7 Å². The summed E-state index contributed by atoms with van der Waals surface area (Å²) in [7, 11) is 1.69. The first kappa shape index (κ1) is 20.2. The highest BCUT2D eigenvalue weighted by Crippen LogP contribution is 2.19. The van der Waals surface area contributed by atoms with Crippen molar-refractivity contribution in [3.05, 3.63) is 72.2 Å². The Kier molecular flexibility index (Phi) is 5.69. The fourth-order valence-corrected chi connectivity index (χ4v) is 3.01. The van der Waals surface area contributed by atoms with Crippen molar-refractivity contribution in [2.24, 2.45) is 7.05 Å². The first-order valence-corrected chi connectivity index (χ1v) is 9.66. The molecular formula is C21H21FN8O. The van der Waals surface area contributed by atoms with Gasteiger partial charge in [-0.3, -0.25) is 9.48 Å². The molecule has 0 fully saturated rings. The third-order valence-corrected chi connectivity index (χ3v) is 4.58. The maximum absolute atomic E-state index is 13.1. The molecule has 4 rings (SSSR count). The predicted molar refractivity (Wildman–Crippen MR) is 113 cm³/mol. The molecule has 3 aromatic heterocycles. The second-order valence-corrected chi connectivity index (χ2v) is 6.89. The van der Waals surface area contributed by atoms with Crippen LogP contribution in [0.1, 0.15) is 16.2 Å². The Morgan fingerprint density at radius 1 is 1.06 bits per heavy atom. The van der Waals surface area contributed by atoms with E-state index in [9.17, 15) is 9.18 Å². The maximum atomic E-state index is 13.1. The lowest BCUT2D eigenvalue weighted by molar-refractivity contribution is 0.0946. The van der Waals surface area contributed by atoms with Crippen LogP contribution in [0.3, 0.4) is 0 Å². The molecule has 0 saturated carbocycles. The molecule has 0 aliphatic rings. The minimum Gasteiger partial charge on any atom is -0.368 e. The normalized spacial score (nSPS) is 10.8. The number of anilines is 1. The van der Waals surface area contributed by atoms with E-state index in [1.807, 2.05) is 19.2 Å². The van der Waals surface area contributed by atoms with E-state index in [1.165, 1.54) is 23.1 Å². The van der Waals surface area contributed by atoms with Gasteiger partial charge in [0, 0.05) is 38.0 Å². The van der Waals surface area contributed by atoms with Gasteiger partial charge in [0.1, 0.15) is 23.7 Å². The maximum Gasteiger partial charge on any atom is 0.269 e. The Morgan fingerprint density at radius 3 is 2.61 bits per heavy atom. The minimum atomic E-state index is -0.319. The second-order valence-electron chi connectivity index (χ2n) is 6.89. The molecule has 1 aromatic carbocycles. The number of aryl methyl sites for hydroxylation is 2. The third kappa shape index (κ3) is 4.74. The van der Waals surface area contributed by atoms with Crippen molar-refractivity contribution in [2.45, 2.75) is 6.92 Å². The summed E-state index contributed by atoms with van der Waals surface area (Å²) < 4.78 is 16.3. The largest absolute Gasteiger partial charge is 0.368 e. The van der Waals surface area contributed by atoms with Gasteiger partial charge in [-0.15, -0.1) is 0 Å². The van der Waals surface area contributed by atoms with Crippen LogP contribution < -0.4 is 10.6 Å². The van der Waals surface area contributed by atoms with Crippen molar-refractivity contribution in [3.63, 3.8) is 0 Å². The number of hydrogen-bond acceptors (Lipinski definition) is 6. The smallest absolute Gasteiger partial charge is 0.269 e. The van der Waals surface area contributed by atoms with E-state index in [-0.39, 0.29) is 11.7 Å². The van der Waals surface area contributed by atoms with E-state index >= 15 is 0 Å². The molecule has 0 aliphatic carbocycles. The van der Waals surface area contributed by atoms with E-state index in [0.717, 1.165) is 11.3 Å². The molecular weight excluding hydrogens is 399 g/mol. The van der Waals surface area contributed by atoms with Crippen LogP contribution in [0.5, 0.6) is 0 Å². The molecule has 0 spiro atoms. The molecule has 4 aromatic rings. The Morgan fingerprint density at radius 2 is 1.87 bits per heavy atom. The monoisotopic (exact) mass is 420 g/mol. The van der Waals surface area contributed by atoms with E-state index in [2.05, 4.69) is 30.8 Å². The number of nitrogens with one attached hydrogen (secondary N) is 2. The van der Waals surface area contributed by atoms with Gasteiger partial charge >= 0.3 is 0 Å². The number of rotatable bonds is 7. The summed E-state index contributed by atoms with van der Waals surface area (Å²) in [4.78, 5) is 20.9. The molecule has 0 unspecified atom stereocenters. The molecule has 1 amide bonds. The molecule has 0 radical (unpaired) electrons. The van der Waals surface area contributed by atoms with Crippen molar-refractivity contribution in [2.75, 3.05) is 18.4 Å². The predicted octanol–water partition coefficient (Wildman–Crippen LogP) is 2.35. The molecule has 10 heteroatoms. The summed E-state index contributed by atoms with van der Waals surface area (Å²) in [6.45, 7) is 2.77. The number of carbonyl (C=O) groups is 1. The zero-order valence-corrected chi connectivity index (χ0v) is 17.1. The number of nitrogens with zero attached hydrogens (tertiary/aromatic N) is 6. The molecule has 0 saturated heterocycles. The van der Waals surface area contributed by atoms with Crippen LogP contribution >= 0.6 is 0 Å². The van der Waals surface area contributed by atoms with Crippen molar-refractivity contribution in [1.82, 2.24) is 34.8 Å². The van der Waals surface area contributed by atoms with Crippen molar-refractivity contribution in [3.8, 4) is 17.1 Å². The second kappa shape index (κ2) is 8.74. The van der Waals surface area contributed by atoms with Gasteiger partial charge in [-0.25, -0.2) is 19.0 Å². The fourth-order valence-electron chi connectivity index (χ4n) is 3.01. The van der Waals surface area contributed by atoms with Crippen LogP contribution in [0.2, 0.25) is 0 Å². The number of carbonyl (C=O) groups excluding carboxylic acids is 1. The van der Waals surface area contributed by atoms with Gasteiger partial charge in [-0.1, -0.05) is 0 Å². The van der Waals surface area contributed by atoms with Gasteiger partial charge in [0.25, 0.3) is 5.91 Å². The summed E-state index contributed by atoms with van der Waals surface area (Å²) in [6, 6.07) is 11.3. The summed E-state index contributed by atoms with van der Waals surface area (Å²) >= 11 is 0. The number of aromatic nitrogens is 6. The minimum absolute atomic E-state index is 0.249. The number of halogens is 1. The molecule has 0 aliphatic heterocycles. The van der Waals surface area contributed by atoms with E-state index in [4.69, 9.17) is 0 Å².